The fourth-order valence-corrected chi connectivity index (χ4v) is 2.68. The van der Waals surface area contributed by atoms with Crippen molar-refractivity contribution < 1.29 is 4.74 Å². The zero-order valence-corrected chi connectivity index (χ0v) is 11.5. The Balaban J connectivity index is 2.48. The molecule has 1 saturated carbocycles. The van der Waals surface area contributed by atoms with Crippen LogP contribution in [0.25, 0.3) is 0 Å². The number of hydrogen-bond acceptors (Lipinski definition) is 3. The normalized spacial score (nSPS) is 28.5. The summed E-state index contributed by atoms with van der Waals surface area (Å²) in [5.41, 5.74) is -0.281. The fourth-order valence-electron chi connectivity index (χ4n) is 2.68. The third kappa shape index (κ3) is 3.97. The molecule has 1 fully saturated rings. The van der Waals surface area contributed by atoms with E-state index in [0.717, 1.165) is 45.3 Å². The number of nitrogens with zero attached hydrogens (tertiary/aromatic N) is 1. The Morgan fingerprint density at radius 3 is 2.88 bits per heavy atom. The first kappa shape index (κ1) is 14.5. The minimum atomic E-state index is -0.281. The highest BCUT2D eigenvalue weighted by atomic mass is 16.5. The van der Waals surface area contributed by atoms with Crippen LogP contribution in [0.15, 0.2) is 0 Å². The van der Waals surface area contributed by atoms with E-state index in [-0.39, 0.29) is 11.6 Å². The van der Waals surface area contributed by atoms with E-state index in [9.17, 15) is 5.26 Å². The maximum atomic E-state index is 9.47. The number of rotatable bonds is 7. The summed E-state index contributed by atoms with van der Waals surface area (Å²) in [5.74, 6) is 0.456. The summed E-state index contributed by atoms with van der Waals surface area (Å²) in [4.78, 5) is 0. The Kier molecular flexibility index (Phi) is 5.94. The van der Waals surface area contributed by atoms with Gasteiger partial charge in [-0.05, 0) is 52.0 Å². The molecule has 17 heavy (non-hydrogen) atoms. The van der Waals surface area contributed by atoms with Gasteiger partial charge in [-0.15, -0.1) is 0 Å². The first-order chi connectivity index (χ1) is 8.14. The third-order valence-electron chi connectivity index (χ3n) is 3.63. The Morgan fingerprint density at radius 2 is 2.29 bits per heavy atom. The Morgan fingerprint density at radius 1 is 1.53 bits per heavy atom. The molecule has 3 nitrogen and oxygen atoms in total. The zero-order valence-electron chi connectivity index (χ0n) is 11.5. The molecule has 0 saturated heterocycles. The summed E-state index contributed by atoms with van der Waals surface area (Å²) >= 11 is 0. The van der Waals surface area contributed by atoms with Gasteiger partial charge in [-0.3, -0.25) is 5.32 Å². The molecule has 0 aromatic carbocycles. The van der Waals surface area contributed by atoms with Crippen LogP contribution in [-0.2, 0) is 4.74 Å². The minimum Gasteiger partial charge on any atom is -0.379 e. The molecule has 98 valence electrons. The molecule has 0 spiro atoms. The summed E-state index contributed by atoms with van der Waals surface area (Å²) < 4.78 is 5.61. The summed E-state index contributed by atoms with van der Waals surface area (Å²) in [6.07, 6.45) is 5.69. The van der Waals surface area contributed by atoms with Crippen molar-refractivity contribution in [3.05, 3.63) is 0 Å². The molecular formula is C14H26N2O. The topological polar surface area (TPSA) is 45.0 Å². The van der Waals surface area contributed by atoms with E-state index in [1.54, 1.807) is 0 Å². The molecule has 0 heterocycles. The van der Waals surface area contributed by atoms with Gasteiger partial charge >= 0.3 is 0 Å². The maximum absolute atomic E-state index is 9.47. The zero-order chi connectivity index (χ0) is 12.7. The second kappa shape index (κ2) is 6.98. The van der Waals surface area contributed by atoms with Crippen molar-refractivity contribution in [1.82, 2.24) is 5.32 Å². The monoisotopic (exact) mass is 238 g/mol. The van der Waals surface area contributed by atoms with Crippen molar-refractivity contribution in [3.8, 4) is 6.07 Å². The van der Waals surface area contributed by atoms with Crippen molar-refractivity contribution in [2.75, 3.05) is 13.2 Å². The highest BCUT2D eigenvalue weighted by Gasteiger charge is 2.42. The van der Waals surface area contributed by atoms with Crippen molar-refractivity contribution in [2.24, 2.45) is 5.92 Å². The lowest BCUT2D eigenvalue weighted by Gasteiger charge is -2.30. The van der Waals surface area contributed by atoms with Gasteiger partial charge in [0.1, 0.15) is 5.54 Å². The van der Waals surface area contributed by atoms with Crippen LogP contribution < -0.4 is 5.32 Å². The van der Waals surface area contributed by atoms with Gasteiger partial charge in [-0.2, -0.15) is 5.26 Å². The molecule has 0 aliphatic heterocycles. The van der Waals surface area contributed by atoms with Crippen LogP contribution >= 0.6 is 0 Å². The molecule has 0 radical (unpaired) electrons. The molecule has 1 N–H and O–H groups in total. The lowest BCUT2D eigenvalue weighted by molar-refractivity contribution is 0.0633. The Hall–Kier alpha value is -0.590. The Bertz CT molecular complexity index is 259. The lowest BCUT2D eigenvalue weighted by atomic mass is 9.86. The Labute approximate surface area is 106 Å². The van der Waals surface area contributed by atoms with E-state index < -0.39 is 0 Å². The molecule has 2 unspecified atom stereocenters. The molecule has 1 rings (SSSR count). The quantitative estimate of drug-likeness (QED) is 0.741. The summed E-state index contributed by atoms with van der Waals surface area (Å²) in [6.45, 7) is 7.97. The van der Waals surface area contributed by atoms with Gasteiger partial charge in [0.05, 0.1) is 12.2 Å². The number of ether oxygens (including phenoxy) is 1. The highest BCUT2D eigenvalue weighted by molar-refractivity contribution is 5.13. The van der Waals surface area contributed by atoms with Crippen molar-refractivity contribution in [1.29, 1.82) is 5.26 Å². The first-order valence-electron chi connectivity index (χ1n) is 6.92. The first-order valence-corrected chi connectivity index (χ1v) is 6.92. The standard InChI is InChI=1S/C14H26N2O/c1-4-9-16-14(11-15)8-5-6-13(14)7-10-17-12(2)3/h12-13,16H,4-10H2,1-3H3. The van der Waals surface area contributed by atoms with Gasteiger partial charge in [0.2, 0.25) is 0 Å². The predicted molar refractivity (Wildman–Crippen MR) is 69.7 cm³/mol. The van der Waals surface area contributed by atoms with Crippen molar-refractivity contribution >= 4 is 0 Å². The predicted octanol–water partition coefficient (Wildman–Crippen LogP) is 2.86. The summed E-state index contributed by atoms with van der Waals surface area (Å²) in [5, 5.41) is 12.9. The molecule has 0 amide bonds. The van der Waals surface area contributed by atoms with E-state index >= 15 is 0 Å². The highest BCUT2D eigenvalue weighted by Crippen LogP contribution is 2.37. The average molecular weight is 238 g/mol. The SMILES string of the molecule is CCCNC1(C#N)CCCC1CCOC(C)C. The van der Waals surface area contributed by atoms with E-state index in [4.69, 9.17) is 4.74 Å². The van der Waals surface area contributed by atoms with Gasteiger partial charge in [0, 0.05) is 6.61 Å². The number of nitriles is 1. The van der Waals surface area contributed by atoms with E-state index in [2.05, 4.69) is 32.2 Å². The largest absolute Gasteiger partial charge is 0.379 e. The lowest BCUT2D eigenvalue weighted by Crippen LogP contribution is -2.47. The van der Waals surface area contributed by atoms with Crippen LogP contribution in [0.1, 0.15) is 52.9 Å². The van der Waals surface area contributed by atoms with E-state index in [0.29, 0.717) is 5.92 Å². The molecule has 3 heteroatoms. The molecule has 0 aromatic heterocycles. The summed E-state index contributed by atoms with van der Waals surface area (Å²) in [6, 6.07) is 2.53. The molecule has 1 aliphatic rings. The van der Waals surface area contributed by atoms with Crippen LogP contribution in [0.2, 0.25) is 0 Å². The second-order valence-corrected chi connectivity index (χ2v) is 5.31. The fraction of sp³-hybridized carbons (Fsp3) is 0.929. The third-order valence-corrected chi connectivity index (χ3v) is 3.63. The summed E-state index contributed by atoms with van der Waals surface area (Å²) in [7, 11) is 0. The van der Waals surface area contributed by atoms with Crippen LogP contribution in [0.4, 0.5) is 0 Å². The van der Waals surface area contributed by atoms with Crippen LogP contribution in [-0.4, -0.2) is 24.8 Å². The molecular weight excluding hydrogens is 212 g/mol. The van der Waals surface area contributed by atoms with Gasteiger partial charge in [0.15, 0.2) is 0 Å². The van der Waals surface area contributed by atoms with Gasteiger partial charge < -0.3 is 4.74 Å². The van der Waals surface area contributed by atoms with Gasteiger partial charge in [-0.1, -0.05) is 13.3 Å². The van der Waals surface area contributed by atoms with Gasteiger partial charge in [-0.25, -0.2) is 0 Å². The smallest absolute Gasteiger partial charge is 0.109 e. The minimum absolute atomic E-state index is 0.281. The van der Waals surface area contributed by atoms with Crippen LogP contribution in [0, 0.1) is 17.2 Å². The average Bonchev–Trinajstić information content (AvgIpc) is 2.70. The van der Waals surface area contributed by atoms with Gasteiger partial charge in [0.25, 0.3) is 0 Å². The molecule has 0 bridgehead atoms. The van der Waals surface area contributed by atoms with Crippen LogP contribution in [0.5, 0.6) is 0 Å². The van der Waals surface area contributed by atoms with Crippen LogP contribution in [0.3, 0.4) is 0 Å². The van der Waals surface area contributed by atoms with Crippen molar-refractivity contribution in [2.45, 2.75) is 64.5 Å². The molecule has 2 atom stereocenters. The number of nitrogens with one attached hydrogen (secondary N) is 1. The second-order valence-electron chi connectivity index (χ2n) is 5.31. The number of hydrogen-bond donors (Lipinski definition) is 1. The van der Waals surface area contributed by atoms with E-state index in [1.165, 1.54) is 0 Å². The molecule has 1 aliphatic carbocycles. The molecule has 0 aromatic rings. The van der Waals surface area contributed by atoms with Crippen molar-refractivity contribution in [3.63, 3.8) is 0 Å². The van der Waals surface area contributed by atoms with E-state index in [1.807, 2.05) is 0 Å². The maximum Gasteiger partial charge on any atom is 0.109 e.